The molecule has 3 rings (SSSR count). The number of rotatable bonds is 1. The van der Waals surface area contributed by atoms with E-state index in [9.17, 15) is 4.79 Å². The van der Waals surface area contributed by atoms with Crippen molar-refractivity contribution in [1.29, 1.82) is 0 Å². The van der Waals surface area contributed by atoms with Crippen molar-refractivity contribution in [2.24, 2.45) is 34.5 Å². The molecule has 0 aromatic carbocycles. The Labute approximate surface area is 99.0 Å². The molecule has 0 N–H and O–H groups in total. The Morgan fingerprint density at radius 2 is 1.88 bits per heavy atom. The molecule has 3 aliphatic carbocycles. The van der Waals surface area contributed by atoms with Crippen LogP contribution in [0.2, 0.25) is 0 Å². The zero-order valence-electron chi connectivity index (χ0n) is 10.8. The largest absolute Gasteiger partial charge is 0.303 e. The van der Waals surface area contributed by atoms with Gasteiger partial charge in [-0.2, -0.15) is 0 Å². The Kier molecular flexibility index (Phi) is 2.10. The molecule has 0 radical (unpaired) electrons. The van der Waals surface area contributed by atoms with Crippen LogP contribution in [0.25, 0.3) is 0 Å². The Morgan fingerprint density at radius 1 is 1.12 bits per heavy atom. The van der Waals surface area contributed by atoms with Gasteiger partial charge in [-0.15, -0.1) is 0 Å². The van der Waals surface area contributed by atoms with Gasteiger partial charge in [0, 0.05) is 5.92 Å². The molecule has 3 saturated carbocycles. The number of hydrogen-bond acceptors (Lipinski definition) is 1. The van der Waals surface area contributed by atoms with Crippen LogP contribution in [0.15, 0.2) is 0 Å². The molecular formula is C15H24O. The Bertz CT molecular complexity index is 319. The summed E-state index contributed by atoms with van der Waals surface area (Å²) in [7, 11) is 0. The van der Waals surface area contributed by atoms with E-state index in [1.54, 1.807) is 0 Å². The van der Waals surface area contributed by atoms with Gasteiger partial charge in [-0.25, -0.2) is 0 Å². The van der Waals surface area contributed by atoms with Crippen LogP contribution >= 0.6 is 0 Å². The molecule has 0 aliphatic heterocycles. The van der Waals surface area contributed by atoms with Crippen molar-refractivity contribution >= 4 is 6.29 Å². The van der Waals surface area contributed by atoms with Crippen LogP contribution in [0.5, 0.6) is 0 Å². The number of carbonyl (C=O) groups excluding carboxylic acids is 1. The lowest BCUT2D eigenvalue weighted by Gasteiger charge is -2.38. The second-order valence-corrected chi connectivity index (χ2v) is 7.38. The lowest BCUT2D eigenvalue weighted by molar-refractivity contribution is -0.117. The average molecular weight is 220 g/mol. The van der Waals surface area contributed by atoms with E-state index in [2.05, 4.69) is 20.8 Å². The summed E-state index contributed by atoms with van der Waals surface area (Å²) in [4.78, 5) is 11.5. The highest BCUT2D eigenvalue weighted by atomic mass is 16.1. The molecule has 3 aliphatic rings. The minimum Gasteiger partial charge on any atom is -0.303 e. The molecule has 0 aromatic rings. The van der Waals surface area contributed by atoms with Crippen LogP contribution in [0, 0.1) is 34.5 Å². The second-order valence-electron chi connectivity index (χ2n) is 7.38. The summed E-state index contributed by atoms with van der Waals surface area (Å²) < 4.78 is 0. The predicted octanol–water partition coefficient (Wildman–Crippen LogP) is 3.67. The molecule has 0 spiro atoms. The summed E-state index contributed by atoms with van der Waals surface area (Å²) in [5.74, 6) is 2.75. The van der Waals surface area contributed by atoms with Crippen molar-refractivity contribution in [3.63, 3.8) is 0 Å². The van der Waals surface area contributed by atoms with Crippen LogP contribution in [0.4, 0.5) is 0 Å². The van der Waals surface area contributed by atoms with Gasteiger partial charge >= 0.3 is 0 Å². The Morgan fingerprint density at radius 3 is 2.56 bits per heavy atom. The first-order chi connectivity index (χ1) is 7.50. The van der Waals surface area contributed by atoms with Gasteiger partial charge in [0.15, 0.2) is 0 Å². The van der Waals surface area contributed by atoms with E-state index >= 15 is 0 Å². The highest BCUT2D eigenvalue weighted by Crippen LogP contribution is 2.70. The first-order valence-corrected chi connectivity index (χ1v) is 6.96. The van der Waals surface area contributed by atoms with Crippen molar-refractivity contribution in [2.75, 3.05) is 0 Å². The van der Waals surface area contributed by atoms with Crippen molar-refractivity contribution in [1.82, 2.24) is 0 Å². The third kappa shape index (κ3) is 1.10. The smallest absolute Gasteiger partial charge is 0.123 e. The molecule has 0 heterocycles. The summed E-state index contributed by atoms with van der Waals surface area (Å²) in [6.45, 7) is 7.30. The molecule has 1 nitrogen and oxygen atoms in total. The summed E-state index contributed by atoms with van der Waals surface area (Å²) >= 11 is 0. The fourth-order valence-electron chi connectivity index (χ4n) is 5.73. The maximum atomic E-state index is 11.5. The Hall–Kier alpha value is -0.330. The molecule has 16 heavy (non-hydrogen) atoms. The van der Waals surface area contributed by atoms with Crippen LogP contribution < -0.4 is 0 Å². The van der Waals surface area contributed by atoms with Crippen LogP contribution in [0.1, 0.15) is 52.9 Å². The molecule has 4 bridgehead atoms. The van der Waals surface area contributed by atoms with Gasteiger partial charge < -0.3 is 4.79 Å². The van der Waals surface area contributed by atoms with Gasteiger partial charge in [-0.3, -0.25) is 0 Å². The molecule has 0 amide bonds. The molecule has 0 aromatic heterocycles. The van der Waals surface area contributed by atoms with Gasteiger partial charge in [-0.05, 0) is 54.3 Å². The third-order valence-electron chi connectivity index (χ3n) is 6.36. The van der Waals surface area contributed by atoms with Crippen LogP contribution in [0.3, 0.4) is 0 Å². The topological polar surface area (TPSA) is 17.1 Å². The lowest BCUT2D eigenvalue weighted by atomic mass is 9.65. The molecule has 5 unspecified atom stereocenters. The first kappa shape index (κ1) is 10.8. The molecule has 1 heteroatoms. The maximum Gasteiger partial charge on any atom is 0.123 e. The number of carbonyl (C=O) groups is 1. The van der Waals surface area contributed by atoms with Crippen LogP contribution in [-0.4, -0.2) is 6.29 Å². The Balaban J connectivity index is 2.07. The maximum absolute atomic E-state index is 11.5. The quantitative estimate of drug-likeness (QED) is 0.616. The monoisotopic (exact) mass is 220 g/mol. The lowest BCUT2D eigenvalue weighted by Crippen LogP contribution is -2.34. The highest BCUT2D eigenvalue weighted by Gasteiger charge is 2.64. The number of hydrogen-bond donors (Lipinski definition) is 0. The summed E-state index contributed by atoms with van der Waals surface area (Å²) in [5.41, 5.74) is 0.824. The zero-order valence-corrected chi connectivity index (χ0v) is 10.8. The normalized spacial score (nSPS) is 53.7. The minimum atomic E-state index is 0.350. The molecule has 3 fully saturated rings. The van der Waals surface area contributed by atoms with E-state index in [4.69, 9.17) is 0 Å². The molecule has 90 valence electrons. The van der Waals surface area contributed by atoms with Crippen molar-refractivity contribution in [3.8, 4) is 0 Å². The molecule has 0 saturated heterocycles. The molecule has 5 atom stereocenters. The van der Waals surface area contributed by atoms with E-state index in [0.717, 1.165) is 11.8 Å². The van der Waals surface area contributed by atoms with E-state index in [1.807, 2.05) is 0 Å². The van der Waals surface area contributed by atoms with Crippen molar-refractivity contribution in [3.05, 3.63) is 0 Å². The van der Waals surface area contributed by atoms with Gasteiger partial charge in [-0.1, -0.05) is 27.2 Å². The van der Waals surface area contributed by atoms with Crippen molar-refractivity contribution < 1.29 is 4.79 Å². The fraction of sp³-hybridized carbons (Fsp3) is 0.933. The average Bonchev–Trinajstić information content (AvgIpc) is 2.68. The minimum absolute atomic E-state index is 0.350. The van der Waals surface area contributed by atoms with Gasteiger partial charge in [0.2, 0.25) is 0 Å². The van der Waals surface area contributed by atoms with Gasteiger partial charge in [0.1, 0.15) is 6.29 Å². The summed E-state index contributed by atoms with van der Waals surface area (Å²) in [6.07, 6.45) is 7.99. The van der Waals surface area contributed by atoms with Crippen LogP contribution in [-0.2, 0) is 4.79 Å². The van der Waals surface area contributed by atoms with E-state index in [-0.39, 0.29) is 0 Å². The van der Waals surface area contributed by atoms with E-state index in [1.165, 1.54) is 38.4 Å². The summed E-state index contributed by atoms with van der Waals surface area (Å²) in [5, 5.41) is 0. The second kappa shape index (κ2) is 3.11. The summed E-state index contributed by atoms with van der Waals surface area (Å²) in [6, 6.07) is 0. The highest BCUT2D eigenvalue weighted by molar-refractivity contribution is 5.58. The first-order valence-electron chi connectivity index (χ1n) is 6.96. The van der Waals surface area contributed by atoms with Gasteiger partial charge in [0.05, 0.1) is 0 Å². The number of aldehydes is 1. The zero-order chi connectivity index (χ0) is 11.6. The molecular weight excluding hydrogens is 196 g/mol. The van der Waals surface area contributed by atoms with E-state index < -0.39 is 0 Å². The standard InChI is InChI=1S/C15H24O/c1-14(2)7-4-8-15(3)11-6-5-10(13(11)14)12(15)9-16/h9-13H,4-8H2,1-3H3. The van der Waals surface area contributed by atoms with Crippen molar-refractivity contribution in [2.45, 2.75) is 52.9 Å². The van der Waals surface area contributed by atoms with E-state index in [0.29, 0.717) is 22.7 Å². The SMILES string of the molecule is CC1(C)CCCC2(C)C(C=O)C3CCC2C31. The third-order valence-corrected chi connectivity index (χ3v) is 6.36. The van der Waals surface area contributed by atoms with Gasteiger partial charge in [0.25, 0.3) is 0 Å². The fourth-order valence-corrected chi connectivity index (χ4v) is 5.73. The predicted molar refractivity (Wildman–Crippen MR) is 65.0 cm³/mol.